The fraction of sp³-hybridized carbons (Fsp3) is 1.00. The molecule has 1 aliphatic rings. The van der Waals surface area contributed by atoms with Crippen LogP contribution in [0.3, 0.4) is 0 Å². The Bertz CT molecular complexity index is 106. The molecule has 2 nitrogen and oxygen atoms in total. The third kappa shape index (κ3) is 3.11. The van der Waals surface area contributed by atoms with Crippen LogP contribution in [0.1, 0.15) is 44.9 Å². The van der Waals surface area contributed by atoms with Gasteiger partial charge in [-0.05, 0) is 18.8 Å². The van der Waals surface area contributed by atoms with Gasteiger partial charge in [0.05, 0.1) is 12.7 Å². The lowest BCUT2D eigenvalue weighted by Gasteiger charge is -2.23. The van der Waals surface area contributed by atoms with Crippen molar-refractivity contribution in [3.63, 3.8) is 0 Å². The molecular weight excluding hydrogens is 152 g/mol. The lowest BCUT2D eigenvalue weighted by molar-refractivity contribution is 0.0367. The molecule has 1 aliphatic carbocycles. The molecule has 1 rings (SSSR count). The van der Waals surface area contributed by atoms with Crippen molar-refractivity contribution in [2.45, 2.75) is 51.0 Å². The van der Waals surface area contributed by atoms with Crippen LogP contribution in [0.15, 0.2) is 0 Å². The first kappa shape index (κ1) is 10.0. The monoisotopic (exact) mass is 172 g/mol. The van der Waals surface area contributed by atoms with Crippen molar-refractivity contribution in [1.82, 2.24) is 0 Å². The van der Waals surface area contributed by atoms with Crippen LogP contribution < -0.4 is 0 Å². The summed E-state index contributed by atoms with van der Waals surface area (Å²) in [7, 11) is 0. The summed E-state index contributed by atoms with van der Waals surface area (Å²) in [5.74, 6) is 0.357. The van der Waals surface area contributed by atoms with E-state index in [1.807, 2.05) is 0 Å². The van der Waals surface area contributed by atoms with Crippen LogP contribution in [0, 0.1) is 5.92 Å². The van der Waals surface area contributed by atoms with Crippen LogP contribution in [-0.2, 0) is 0 Å². The highest BCUT2D eigenvalue weighted by atomic mass is 16.3. The van der Waals surface area contributed by atoms with E-state index in [0.717, 1.165) is 12.8 Å². The highest BCUT2D eigenvalue weighted by Crippen LogP contribution is 2.24. The zero-order valence-corrected chi connectivity index (χ0v) is 7.71. The molecule has 0 spiro atoms. The van der Waals surface area contributed by atoms with Crippen molar-refractivity contribution < 1.29 is 10.2 Å². The molecule has 1 saturated carbocycles. The van der Waals surface area contributed by atoms with Gasteiger partial charge in [0.15, 0.2) is 0 Å². The fourth-order valence-corrected chi connectivity index (χ4v) is 2.02. The van der Waals surface area contributed by atoms with E-state index in [0.29, 0.717) is 5.92 Å². The molecule has 0 bridgehead atoms. The van der Waals surface area contributed by atoms with E-state index >= 15 is 0 Å². The van der Waals surface area contributed by atoms with Gasteiger partial charge in [-0.1, -0.05) is 32.1 Å². The molecule has 1 atom stereocenters. The van der Waals surface area contributed by atoms with Gasteiger partial charge in [0.2, 0.25) is 0 Å². The molecule has 0 aromatic carbocycles. The molecule has 2 heteroatoms. The van der Waals surface area contributed by atoms with Gasteiger partial charge in [0.25, 0.3) is 0 Å². The smallest absolute Gasteiger partial charge is 0.0799 e. The van der Waals surface area contributed by atoms with Gasteiger partial charge < -0.3 is 10.2 Å². The molecular formula is C10H20O2. The Kier molecular flexibility index (Phi) is 4.62. The first-order chi connectivity index (χ1) is 5.84. The first-order valence-corrected chi connectivity index (χ1v) is 5.13. The van der Waals surface area contributed by atoms with E-state index in [4.69, 9.17) is 5.11 Å². The van der Waals surface area contributed by atoms with Crippen LogP contribution in [0.25, 0.3) is 0 Å². The second-order valence-corrected chi connectivity index (χ2v) is 3.86. The highest BCUT2D eigenvalue weighted by molar-refractivity contribution is 4.70. The standard InChI is InChI=1S/C10H20O2/c11-8-10(12)9-6-4-2-1-3-5-7-9/h9-12H,1-8H2/t10-/m0/s1. The van der Waals surface area contributed by atoms with Crippen molar-refractivity contribution >= 4 is 0 Å². The summed E-state index contributed by atoms with van der Waals surface area (Å²) in [4.78, 5) is 0. The zero-order valence-electron chi connectivity index (χ0n) is 7.71. The summed E-state index contributed by atoms with van der Waals surface area (Å²) in [5.41, 5.74) is 0. The topological polar surface area (TPSA) is 40.5 Å². The average Bonchev–Trinajstić information content (AvgIpc) is 2.02. The van der Waals surface area contributed by atoms with Crippen LogP contribution in [-0.4, -0.2) is 22.9 Å². The Morgan fingerprint density at radius 1 is 1.00 bits per heavy atom. The van der Waals surface area contributed by atoms with Crippen LogP contribution in [0.5, 0.6) is 0 Å². The largest absolute Gasteiger partial charge is 0.394 e. The lowest BCUT2D eigenvalue weighted by Crippen LogP contribution is -2.24. The van der Waals surface area contributed by atoms with E-state index in [2.05, 4.69) is 0 Å². The van der Waals surface area contributed by atoms with Crippen LogP contribution in [0.2, 0.25) is 0 Å². The van der Waals surface area contributed by atoms with Crippen LogP contribution in [0.4, 0.5) is 0 Å². The van der Waals surface area contributed by atoms with E-state index in [9.17, 15) is 5.11 Å². The molecule has 0 aromatic heterocycles. The Hall–Kier alpha value is -0.0800. The third-order valence-electron chi connectivity index (χ3n) is 2.88. The van der Waals surface area contributed by atoms with Crippen LogP contribution >= 0.6 is 0 Å². The molecule has 0 aromatic rings. The minimum absolute atomic E-state index is 0.0648. The Balaban J connectivity index is 2.29. The Morgan fingerprint density at radius 2 is 1.50 bits per heavy atom. The van der Waals surface area contributed by atoms with Gasteiger partial charge in [-0.3, -0.25) is 0 Å². The summed E-state index contributed by atoms with van der Waals surface area (Å²) < 4.78 is 0. The van der Waals surface area contributed by atoms with Gasteiger partial charge in [-0.25, -0.2) is 0 Å². The lowest BCUT2D eigenvalue weighted by atomic mass is 9.87. The third-order valence-corrected chi connectivity index (χ3v) is 2.88. The molecule has 1 fully saturated rings. The fourth-order valence-electron chi connectivity index (χ4n) is 2.02. The number of hydrogen-bond donors (Lipinski definition) is 2. The minimum atomic E-state index is -0.469. The summed E-state index contributed by atoms with van der Waals surface area (Å²) >= 11 is 0. The molecule has 72 valence electrons. The minimum Gasteiger partial charge on any atom is -0.394 e. The summed E-state index contributed by atoms with van der Waals surface area (Å²) in [6, 6.07) is 0. The van der Waals surface area contributed by atoms with Crippen molar-refractivity contribution in [3.8, 4) is 0 Å². The van der Waals surface area contributed by atoms with Crippen molar-refractivity contribution in [3.05, 3.63) is 0 Å². The molecule has 0 unspecified atom stereocenters. The maximum absolute atomic E-state index is 9.45. The zero-order chi connectivity index (χ0) is 8.81. The summed E-state index contributed by atoms with van der Waals surface area (Å²) in [6.45, 7) is -0.0648. The van der Waals surface area contributed by atoms with E-state index in [1.54, 1.807) is 0 Å². The van der Waals surface area contributed by atoms with Gasteiger partial charge in [-0.2, -0.15) is 0 Å². The number of aliphatic hydroxyl groups excluding tert-OH is 2. The summed E-state index contributed by atoms with van der Waals surface area (Å²) in [6.07, 6.45) is 8.13. The Labute approximate surface area is 74.6 Å². The van der Waals surface area contributed by atoms with Gasteiger partial charge >= 0.3 is 0 Å². The van der Waals surface area contributed by atoms with Crippen molar-refractivity contribution in [2.75, 3.05) is 6.61 Å². The second kappa shape index (κ2) is 5.55. The molecule has 2 N–H and O–H groups in total. The molecule has 0 saturated heterocycles. The average molecular weight is 172 g/mol. The highest BCUT2D eigenvalue weighted by Gasteiger charge is 2.18. The van der Waals surface area contributed by atoms with Gasteiger partial charge in [0.1, 0.15) is 0 Å². The maximum atomic E-state index is 9.45. The van der Waals surface area contributed by atoms with Crippen molar-refractivity contribution in [1.29, 1.82) is 0 Å². The Morgan fingerprint density at radius 3 is 2.00 bits per heavy atom. The van der Waals surface area contributed by atoms with E-state index in [1.165, 1.54) is 32.1 Å². The molecule has 0 aliphatic heterocycles. The molecule has 0 amide bonds. The normalized spacial score (nSPS) is 24.5. The van der Waals surface area contributed by atoms with E-state index < -0.39 is 6.10 Å². The maximum Gasteiger partial charge on any atom is 0.0799 e. The first-order valence-electron chi connectivity index (χ1n) is 5.13. The number of aliphatic hydroxyl groups is 2. The second-order valence-electron chi connectivity index (χ2n) is 3.86. The molecule has 0 radical (unpaired) electrons. The number of rotatable bonds is 2. The van der Waals surface area contributed by atoms with Crippen molar-refractivity contribution in [2.24, 2.45) is 5.92 Å². The molecule has 12 heavy (non-hydrogen) atoms. The number of hydrogen-bond acceptors (Lipinski definition) is 2. The quantitative estimate of drug-likeness (QED) is 0.665. The van der Waals surface area contributed by atoms with Gasteiger partial charge in [-0.15, -0.1) is 0 Å². The van der Waals surface area contributed by atoms with Gasteiger partial charge in [0, 0.05) is 0 Å². The summed E-state index contributed by atoms with van der Waals surface area (Å²) in [5, 5.41) is 18.2. The SMILES string of the molecule is OC[C@H](O)C1CCCCCCC1. The predicted molar refractivity (Wildman–Crippen MR) is 48.9 cm³/mol. The predicted octanol–water partition coefficient (Wildman–Crippen LogP) is 1.70. The molecule has 0 heterocycles. The van der Waals surface area contributed by atoms with E-state index in [-0.39, 0.29) is 6.61 Å².